The standard InChI is InChI=1S/C22H21NO5S/c1-27-22(26)18(10-11-29-2)23-20(24)16-8-5-7-14(12-16)17-13-15-6-3-4-9-19(15)28-21(17)25/h3-9,12-13,18H,10-11H2,1-2H3,(H,23,24). The summed E-state index contributed by atoms with van der Waals surface area (Å²) in [5.74, 6) is -0.189. The Kier molecular flexibility index (Phi) is 6.72. The molecule has 2 aromatic carbocycles. The van der Waals surface area contributed by atoms with Crippen molar-refractivity contribution in [1.29, 1.82) is 0 Å². The minimum Gasteiger partial charge on any atom is -0.467 e. The fraction of sp³-hybridized carbons (Fsp3) is 0.227. The van der Waals surface area contributed by atoms with Crippen LogP contribution >= 0.6 is 11.8 Å². The summed E-state index contributed by atoms with van der Waals surface area (Å²) < 4.78 is 10.2. The number of nitrogens with one attached hydrogen (secondary N) is 1. The number of ether oxygens (including phenoxy) is 1. The monoisotopic (exact) mass is 411 g/mol. The maximum absolute atomic E-state index is 12.7. The first-order valence-corrected chi connectivity index (χ1v) is 10.4. The molecule has 1 atom stereocenters. The normalized spacial score (nSPS) is 11.8. The summed E-state index contributed by atoms with van der Waals surface area (Å²) in [6, 6.07) is 14.9. The molecule has 0 aliphatic heterocycles. The molecular formula is C22H21NO5S. The summed E-state index contributed by atoms with van der Waals surface area (Å²) >= 11 is 1.58. The zero-order chi connectivity index (χ0) is 20.8. The number of hydrogen-bond acceptors (Lipinski definition) is 6. The first-order valence-electron chi connectivity index (χ1n) is 9.04. The van der Waals surface area contributed by atoms with E-state index >= 15 is 0 Å². The third-order valence-electron chi connectivity index (χ3n) is 4.48. The topological polar surface area (TPSA) is 85.6 Å². The highest BCUT2D eigenvalue weighted by Crippen LogP contribution is 2.22. The second-order valence-electron chi connectivity index (χ2n) is 6.40. The van der Waals surface area contributed by atoms with E-state index in [1.165, 1.54) is 7.11 Å². The number of amides is 1. The average Bonchev–Trinajstić information content (AvgIpc) is 2.75. The fourth-order valence-corrected chi connectivity index (χ4v) is 3.43. The van der Waals surface area contributed by atoms with Gasteiger partial charge in [-0.2, -0.15) is 11.8 Å². The molecule has 29 heavy (non-hydrogen) atoms. The van der Waals surface area contributed by atoms with Gasteiger partial charge in [0.05, 0.1) is 12.7 Å². The second-order valence-corrected chi connectivity index (χ2v) is 7.38. The number of thioether (sulfide) groups is 1. The molecule has 0 aliphatic carbocycles. The number of carbonyl (C=O) groups is 2. The number of carbonyl (C=O) groups excluding carboxylic acids is 2. The Morgan fingerprint density at radius 1 is 1.14 bits per heavy atom. The van der Waals surface area contributed by atoms with Gasteiger partial charge < -0.3 is 14.5 Å². The molecule has 0 saturated carbocycles. The van der Waals surface area contributed by atoms with Gasteiger partial charge in [-0.25, -0.2) is 9.59 Å². The van der Waals surface area contributed by atoms with Crippen molar-refractivity contribution in [2.75, 3.05) is 19.1 Å². The lowest BCUT2D eigenvalue weighted by atomic mass is 10.0. The van der Waals surface area contributed by atoms with E-state index in [9.17, 15) is 14.4 Å². The predicted octanol–water partition coefficient (Wildman–Crippen LogP) is 3.48. The van der Waals surface area contributed by atoms with E-state index < -0.39 is 23.5 Å². The Balaban J connectivity index is 1.89. The van der Waals surface area contributed by atoms with Gasteiger partial charge in [0.25, 0.3) is 5.91 Å². The zero-order valence-corrected chi connectivity index (χ0v) is 17.0. The molecule has 1 heterocycles. The summed E-state index contributed by atoms with van der Waals surface area (Å²) in [6.07, 6.45) is 2.39. The van der Waals surface area contributed by atoms with Crippen LogP contribution < -0.4 is 10.9 Å². The van der Waals surface area contributed by atoms with E-state index in [-0.39, 0.29) is 0 Å². The third kappa shape index (κ3) is 4.86. The van der Waals surface area contributed by atoms with E-state index in [2.05, 4.69) is 5.32 Å². The summed E-state index contributed by atoms with van der Waals surface area (Å²) in [7, 11) is 1.29. The van der Waals surface area contributed by atoms with Crippen LogP contribution in [0.4, 0.5) is 0 Å². The molecule has 1 amide bonds. The van der Waals surface area contributed by atoms with Crippen LogP contribution in [0.15, 0.2) is 63.8 Å². The van der Waals surface area contributed by atoms with Crippen molar-refractivity contribution >= 4 is 34.6 Å². The van der Waals surface area contributed by atoms with Crippen molar-refractivity contribution < 1.29 is 18.7 Å². The molecule has 6 nitrogen and oxygen atoms in total. The number of methoxy groups -OCH3 is 1. The molecule has 0 bridgehead atoms. The van der Waals surface area contributed by atoms with Gasteiger partial charge in [-0.1, -0.05) is 30.3 Å². The molecule has 150 valence electrons. The van der Waals surface area contributed by atoms with Crippen molar-refractivity contribution in [2.24, 2.45) is 0 Å². The van der Waals surface area contributed by atoms with Crippen molar-refractivity contribution in [3.8, 4) is 11.1 Å². The lowest BCUT2D eigenvalue weighted by Crippen LogP contribution is -2.41. The molecule has 0 saturated heterocycles. The molecule has 3 rings (SSSR count). The molecule has 1 N–H and O–H groups in total. The van der Waals surface area contributed by atoms with Crippen LogP contribution in [0, 0.1) is 0 Å². The Morgan fingerprint density at radius 3 is 2.69 bits per heavy atom. The Morgan fingerprint density at radius 2 is 1.93 bits per heavy atom. The Bertz CT molecular complexity index is 1090. The number of rotatable bonds is 7. The molecular weight excluding hydrogens is 390 g/mol. The van der Waals surface area contributed by atoms with E-state index in [1.807, 2.05) is 18.4 Å². The first-order chi connectivity index (χ1) is 14.0. The summed E-state index contributed by atoms with van der Waals surface area (Å²) in [5, 5.41) is 3.50. The minimum absolute atomic E-state index is 0.341. The SMILES string of the molecule is COC(=O)C(CCSC)NC(=O)c1cccc(-c2cc3ccccc3oc2=O)c1. The fourth-order valence-electron chi connectivity index (χ4n) is 2.96. The number of para-hydroxylation sites is 1. The van der Waals surface area contributed by atoms with Gasteiger partial charge in [-0.3, -0.25) is 4.79 Å². The highest BCUT2D eigenvalue weighted by atomic mass is 32.2. The Hall–Kier alpha value is -3.06. The van der Waals surface area contributed by atoms with E-state index in [0.29, 0.717) is 34.4 Å². The smallest absolute Gasteiger partial charge is 0.344 e. The summed E-state index contributed by atoms with van der Waals surface area (Å²) in [5.41, 5.74) is 1.30. The van der Waals surface area contributed by atoms with Crippen molar-refractivity contribution in [2.45, 2.75) is 12.5 Å². The summed E-state index contributed by atoms with van der Waals surface area (Å²) in [4.78, 5) is 37.0. The zero-order valence-electron chi connectivity index (χ0n) is 16.1. The van der Waals surface area contributed by atoms with Gasteiger partial charge in [-0.05, 0) is 48.3 Å². The molecule has 7 heteroatoms. The van der Waals surface area contributed by atoms with Crippen LogP contribution in [-0.4, -0.2) is 37.0 Å². The van der Waals surface area contributed by atoms with Crippen molar-refractivity contribution in [3.63, 3.8) is 0 Å². The second kappa shape index (κ2) is 9.43. The number of esters is 1. The van der Waals surface area contributed by atoms with Crippen LogP contribution in [0.1, 0.15) is 16.8 Å². The largest absolute Gasteiger partial charge is 0.467 e. The maximum atomic E-state index is 12.7. The molecule has 1 aromatic heterocycles. The van der Waals surface area contributed by atoms with Gasteiger partial charge in [0, 0.05) is 10.9 Å². The van der Waals surface area contributed by atoms with Crippen LogP contribution in [0.3, 0.4) is 0 Å². The van der Waals surface area contributed by atoms with Crippen LogP contribution in [0.5, 0.6) is 0 Å². The van der Waals surface area contributed by atoms with Gasteiger partial charge in [0.1, 0.15) is 11.6 Å². The van der Waals surface area contributed by atoms with Crippen LogP contribution in [-0.2, 0) is 9.53 Å². The lowest BCUT2D eigenvalue weighted by Gasteiger charge is -2.16. The number of hydrogen-bond donors (Lipinski definition) is 1. The van der Waals surface area contributed by atoms with Gasteiger partial charge in [-0.15, -0.1) is 0 Å². The highest BCUT2D eigenvalue weighted by Gasteiger charge is 2.22. The first kappa shape index (κ1) is 20.7. The van der Waals surface area contributed by atoms with Crippen LogP contribution in [0.25, 0.3) is 22.1 Å². The third-order valence-corrected chi connectivity index (χ3v) is 5.12. The quantitative estimate of drug-likeness (QED) is 0.473. The molecule has 1 unspecified atom stereocenters. The lowest BCUT2D eigenvalue weighted by molar-refractivity contribution is -0.142. The van der Waals surface area contributed by atoms with Crippen LogP contribution in [0.2, 0.25) is 0 Å². The highest BCUT2D eigenvalue weighted by molar-refractivity contribution is 7.98. The number of benzene rings is 2. The predicted molar refractivity (Wildman–Crippen MR) is 114 cm³/mol. The van der Waals surface area contributed by atoms with E-state index in [0.717, 1.165) is 5.39 Å². The van der Waals surface area contributed by atoms with E-state index in [1.54, 1.807) is 54.2 Å². The molecule has 0 fully saturated rings. The Labute approximate surface area is 172 Å². The van der Waals surface area contributed by atoms with Gasteiger partial charge in [0.2, 0.25) is 0 Å². The van der Waals surface area contributed by atoms with Crippen molar-refractivity contribution in [1.82, 2.24) is 5.32 Å². The van der Waals surface area contributed by atoms with E-state index in [4.69, 9.17) is 9.15 Å². The van der Waals surface area contributed by atoms with Crippen molar-refractivity contribution in [3.05, 3.63) is 70.6 Å². The molecule has 3 aromatic rings. The molecule has 0 radical (unpaired) electrons. The minimum atomic E-state index is -0.727. The van der Waals surface area contributed by atoms with Gasteiger partial charge in [0.15, 0.2) is 0 Å². The molecule has 0 aliphatic rings. The average molecular weight is 411 g/mol. The molecule has 0 spiro atoms. The number of fused-ring (bicyclic) bond motifs is 1. The summed E-state index contributed by atoms with van der Waals surface area (Å²) in [6.45, 7) is 0. The maximum Gasteiger partial charge on any atom is 0.344 e. The van der Waals surface area contributed by atoms with Gasteiger partial charge >= 0.3 is 11.6 Å².